The molecule has 0 saturated carbocycles. The zero-order valence-corrected chi connectivity index (χ0v) is 13.3. The van der Waals surface area contributed by atoms with Crippen molar-refractivity contribution in [2.75, 3.05) is 23.2 Å². The van der Waals surface area contributed by atoms with Gasteiger partial charge in [-0.25, -0.2) is 4.98 Å². The van der Waals surface area contributed by atoms with Gasteiger partial charge in [-0.1, -0.05) is 17.7 Å². The van der Waals surface area contributed by atoms with Gasteiger partial charge in [-0.3, -0.25) is 10.4 Å². The summed E-state index contributed by atoms with van der Waals surface area (Å²) in [6.07, 6.45) is 0. The average Bonchev–Trinajstić information content (AvgIpc) is 2.86. The normalized spacial score (nSPS) is 12.7. The number of nitrogen functional groups attached to an aromatic ring is 1. The number of aromatic nitrogens is 1. The molecule has 2 heterocycles. The smallest absolute Gasteiger partial charge is 0.170 e. The molecule has 0 aliphatic carbocycles. The number of rotatable bonds is 3. The largest absolute Gasteiger partial charge is 0.384 e. The molecule has 0 atom stereocenters. The molecule has 0 fully saturated rings. The van der Waals surface area contributed by atoms with E-state index in [2.05, 4.69) is 22.0 Å². The number of fused-ring (bicyclic) bond motifs is 1. The van der Waals surface area contributed by atoms with Gasteiger partial charge in [0.25, 0.3) is 0 Å². The van der Waals surface area contributed by atoms with Crippen LogP contribution in [0.5, 0.6) is 0 Å². The number of hydrogen-bond donors (Lipinski definition) is 3. The van der Waals surface area contributed by atoms with Crippen LogP contribution < -0.4 is 21.7 Å². The summed E-state index contributed by atoms with van der Waals surface area (Å²) in [5.74, 6) is 1.79. The summed E-state index contributed by atoms with van der Waals surface area (Å²) in [6.45, 7) is 0. The van der Waals surface area contributed by atoms with E-state index in [4.69, 9.17) is 17.3 Å². The molecule has 1 aromatic carbocycles. The molecule has 2 aromatic rings. The molecule has 4 N–H and O–H groups in total. The Balaban J connectivity index is 1.88. The predicted molar refractivity (Wildman–Crippen MR) is 89.5 cm³/mol. The number of benzene rings is 1. The Bertz CT molecular complexity index is 773. The van der Waals surface area contributed by atoms with E-state index < -0.39 is 0 Å². The Morgan fingerprint density at radius 3 is 3.05 bits per heavy atom. The highest BCUT2D eigenvalue weighted by atomic mass is 35.5. The van der Waals surface area contributed by atoms with Crippen LogP contribution in [0.1, 0.15) is 11.1 Å². The lowest BCUT2D eigenvalue weighted by molar-refractivity contribution is 0.814. The van der Waals surface area contributed by atoms with Crippen molar-refractivity contribution in [1.29, 1.82) is 5.26 Å². The van der Waals surface area contributed by atoms with Crippen molar-refractivity contribution in [1.82, 2.24) is 10.5 Å². The lowest BCUT2D eigenvalue weighted by Crippen LogP contribution is -2.31. The minimum atomic E-state index is 0.447. The van der Waals surface area contributed by atoms with E-state index in [9.17, 15) is 5.26 Å². The van der Waals surface area contributed by atoms with E-state index in [1.165, 1.54) is 0 Å². The number of hydrazine groups is 2. The Labute approximate surface area is 137 Å². The third-order valence-corrected chi connectivity index (χ3v) is 4.54. The molecule has 0 radical (unpaired) electrons. The summed E-state index contributed by atoms with van der Waals surface area (Å²) in [7, 11) is 1.89. The number of nitrogens with one attached hydrogen (secondary N) is 2. The Morgan fingerprint density at radius 2 is 2.27 bits per heavy atom. The molecular formula is C14H13ClN6S. The number of pyridine rings is 1. The zero-order valence-electron chi connectivity index (χ0n) is 11.7. The summed E-state index contributed by atoms with van der Waals surface area (Å²) in [5.41, 5.74) is 14.2. The molecule has 8 heteroatoms. The summed E-state index contributed by atoms with van der Waals surface area (Å²) in [6, 6.07) is 9.35. The second kappa shape index (κ2) is 5.93. The minimum Gasteiger partial charge on any atom is -0.384 e. The quantitative estimate of drug-likeness (QED) is 0.744. The maximum atomic E-state index is 9.20. The highest BCUT2D eigenvalue weighted by Gasteiger charge is 2.21. The van der Waals surface area contributed by atoms with E-state index in [1.807, 2.05) is 24.2 Å². The van der Waals surface area contributed by atoms with Crippen LogP contribution in [0, 0.1) is 11.3 Å². The summed E-state index contributed by atoms with van der Waals surface area (Å²) in [5, 5.41) is 11.6. The van der Waals surface area contributed by atoms with E-state index >= 15 is 0 Å². The fraction of sp³-hybridized carbons (Fsp3) is 0.143. The van der Waals surface area contributed by atoms with Gasteiger partial charge in [0.1, 0.15) is 11.5 Å². The second-order valence-electron chi connectivity index (χ2n) is 4.74. The van der Waals surface area contributed by atoms with Crippen LogP contribution in [-0.4, -0.2) is 12.0 Å². The molecule has 0 spiro atoms. The first kappa shape index (κ1) is 14.8. The van der Waals surface area contributed by atoms with Crippen molar-refractivity contribution in [3.05, 3.63) is 40.4 Å². The summed E-state index contributed by atoms with van der Waals surface area (Å²) < 4.78 is 0. The molecular weight excluding hydrogens is 320 g/mol. The van der Waals surface area contributed by atoms with Gasteiger partial charge in [-0.15, -0.1) is 17.3 Å². The Kier molecular flexibility index (Phi) is 3.98. The van der Waals surface area contributed by atoms with Crippen LogP contribution in [0.4, 0.5) is 17.3 Å². The van der Waals surface area contributed by atoms with Gasteiger partial charge in [0.15, 0.2) is 5.82 Å². The summed E-state index contributed by atoms with van der Waals surface area (Å²) >= 11 is 7.52. The van der Waals surface area contributed by atoms with Gasteiger partial charge in [0, 0.05) is 22.7 Å². The number of thioether (sulfide) groups is 1. The molecule has 0 saturated heterocycles. The van der Waals surface area contributed by atoms with E-state index in [0.717, 1.165) is 16.1 Å². The highest BCUT2D eigenvalue weighted by molar-refractivity contribution is 7.98. The minimum absolute atomic E-state index is 0.447. The number of hydrogen-bond acceptors (Lipinski definition) is 7. The Hall–Kier alpha value is -2.14. The van der Waals surface area contributed by atoms with Gasteiger partial charge < -0.3 is 5.73 Å². The Morgan fingerprint density at radius 1 is 1.45 bits per heavy atom. The van der Waals surface area contributed by atoms with Gasteiger partial charge in [0.2, 0.25) is 0 Å². The van der Waals surface area contributed by atoms with Crippen molar-refractivity contribution in [2.45, 2.75) is 10.6 Å². The predicted octanol–water partition coefficient (Wildman–Crippen LogP) is 2.76. The van der Waals surface area contributed by atoms with E-state index in [1.54, 1.807) is 23.9 Å². The standard InChI is InChI=1S/C14H13ClN6S/c1-21-13-11(5-12(17)18-14(13)19-20-21)22-7-8-2-3-10(15)4-9(8)6-16/h2-5,20H,7H2,1H3,(H3,17,18,19). The van der Waals surface area contributed by atoms with E-state index in [-0.39, 0.29) is 0 Å². The van der Waals surface area contributed by atoms with Gasteiger partial charge in [0.05, 0.1) is 11.6 Å². The second-order valence-corrected chi connectivity index (χ2v) is 6.19. The van der Waals surface area contributed by atoms with Gasteiger partial charge in [-0.2, -0.15) is 5.26 Å². The van der Waals surface area contributed by atoms with Crippen molar-refractivity contribution in [3.63, 3.8) is 0 Å². The molecule has 1 aliphatic heterocycles. The topological polar surface area (TPSA) is 90.0 Å². The van der Waals surface area contributed by atoms with Gasteiger partial charge in [-0.05, 0) is 23.8 Å². The number of nitrogens with two attached hydrogens (primary N) is 1. The van der Waals surface area contributed by atoms with Crippen LogP contribution in [0.25, 0.3) is 0 Å². The maximum absolute atomic E-state index is 9.20. The third-order valence-electron chi connectivity index (χ3n) is 3.23. The SMILES string of the molecule is CN1NNc2nc(N)cc(SCc3ccc(Cl)cc3C#N)c21. The molecule has 1 aliphatic rings. The fourth-order valence-corrected chi connectivity index (χ4v) is 3.49. The third kappa shape index (κ3) is 2.76. The van der Waals surface area contributed by atoms with Crippen molar-refractivity contribution in [3.8, 4) is 6.07 Å². The van der Waals surface area contributed by atoms with E-state index in [0.29, 0.717) is 28.0 Å². The van der Waals surface area contributed by atoms with Crippen LogP contribution in [0.15, 0.2) is 29.2 Å². The highest BCUT2D eigenvalue weighted by Crippen LogP contribution is 2.39. The maximum Gasteiger partial charge on any atom is 0.170 e. The van der Waals surface area contributed by atoms with Crippen LogP contribution >= 0.6 is 23.4 Å². The molecule has 112 valence electrons. The van der Waals surface area contributed by atoms with Crippen molar-refractivity contribution >= 4 is 40.7 Å². The first-order valence-corrected chi connectivity index (χ1v) is 7.82. The summed E-state index contributed by atoms with van der Waals surface area (Å²) in [4.78, 5) is 5.23. The lowest BCUT2D eigenvalue weighted by Gasteiger charge is -2.14. The first-order valence-electron chi connectivity index (χ1n) is 6.45. The number of nitriles is 1. The molecule has 0 amide bonds. The molecule has 6 nitrogen and oxygen atoms in total. The first-order chi connectivity index (χ1) is 10.6. The molecule has 22 heavy (non-hydrogen) atoms. The monoisotopic (exact) mass is 332 g/mol. The molecule has 0 bridgehead atoms. The number of nitrogens with zero attached hydrogens (tertiary/aromatic N) is 3. The zero-order chi connectivity index (χ0) is 15.7. The molecule has 3 rings (SSSR count). The average molecular weight is 333 g/mol. The molecule has 0 unspecified atom stereocenters. The number of anilines is 3. The van der Waals surface area contributed by atoms with Crippen LogP contribution in [0.2, 0.25) is 5.02 Å². The lowest BCUT2D eigenvalue weighted by atomic mass is 10.1. The van der Waals surface area contributed by atoms with Crippen LogP contribution in [0.3, 0.4) is 0 Å². The van der Waals surface area contributed by atoms with Crippen LogP contribution in [-0.2, 0) is 5.75 Å². The number of halogens is 1. The van der Waals surface area contributed by atoms with Crippen molar-refractivity contribution in [2.24, 2.45) is 0 Å². The fourth-order valence-electron chi connectivity index (χ4n) is 2.18. The van der Waals surface area contributed by atoms with Gasteiger partial charge >= 0.3 is 0 Å². The molecule has 1 aromatic heterocycles. The van der Waals surface area contributed by atoms with Crippen molar-refractivity contribution < 1.29 is 0 Å².